The van der Waals surface area contributed by atoms with Crippen molar-refractivity contribution < 1.29 is 38.4 Å². The Hall–Kier alpha value is -5.42. The van der Waals surface area contributed by atoms with E-state index < -0.39 is 23.7 Å². The largest absolute Gasteiger partial charge is 0.507 e. The number of ether oxygens (including phenoxy) is 4. The molecule has 10 nitrogen and oxygen atoms in total. The van der Waals surface area contributed by atoms with E-state index in [1.165, 1.54) is 11.0 Å². The number of hydrogen-bond acceptors (Lipinski definition) is 10. The van der Waals surface area contributed by atoms with Gasteiger partial charge in [-0.2, -0.15) is 0 Å². The van der Waals surface area contributed by atoms with Gasteiger partial charge in [-0.15, -0.1) is 0 Å². The van der Waals surface area contributed by atoms with Crippen molar-refractivity contribution in [1.82, 2.24) is 4.98 Å². The molecule has 0 spiro atoms. The number of carbonyl (C=O) groups excluding carboxylic acids is 3. The van der Waals surface area contributed by atoms with Crippen LogP contribution in [0.15, 0.2) is 85.0 Å². The van der Waals surface area contributed by atoms with Gasteiger partial charge < -0.3 is 24.1 Å². The SMILES string of the molecule is C=CCOC(=O)c1sc(N2C(=O)C(=O)/C(=C(/O)c3ccc4c(c3)C[C@H](C)O4)[C@H]2c2ccc(OCc3ccccc3)c(OCC)c2)nc1C. The van der Waals surface area contributed by atoms with Gasteiger partial charge in [0.05, 0.1) is 23.9 Å². The van der Waals surface area contributed by atoms with Crippen molar-refractivity contribution >= 4 is 39.9 Å². The number of ketones is 1. The summed E-state index contributed by atoms with van der Waals surface area (Å²) in [6.07, 6.45) is 2.06. The number of esters is 1. The molecule has 0 bridgehead atoms. The Balaban J connectivity index is 1.47. The van der Waals surface area contributed by atoms with Gasteiger partial charge in [0.25, 0.3) is 5.78 Å². The molecule has 1 fully saturated rings. The van der Waals surface area contributed by atoms with Crippen LogP contribution in [0.5, 0.6) is 17.2 Å². The van der Waals surface area contributed by atoms with E-state index in [1.54, 1.807) is 43.3 Å². The lowest BCUT2D eigenvalue weighted by Gasteiger charge is -2.24. The Morgan fingerprint density at radius 3 is 2.65 bits per heavy atom. The minimum Gasteiger partial charge on any atom is -0.507 e. The molecular weight excluding hydrogens is 632 g/mol. The van der Waals surface area contributed by atoms with Gasteiger partial charge in [-0.25, -0.2) is 9.78 Å². The van der Waals surface area contributed by atoms with Crippen LogP contribution in [0.3, 0.4) is 0 Å². The molecule has 3 heterocycles. The zero-order chi connectivity index (χ0) is 33.9. The maximum atomic E-state index is 13.9. The van der Waals surface area contributed by atoms with E-state index in [2.05, 4.69) is 11.6 Å². The van der Waals surface area contributed by atoms with Crippen LogP contribution in [-0.4, -0.2) is 47.1 Å². The highest BCUT2D eigenvalue weighted by Gasteiger charge is 2.49. The van der Waals surface area contributed by atoms with Crippen molar-refractivity contribution in [2.24, 2.45) is 0 Å². The second-order valence-electron chi connectivity index (χ2n) is 11.3. The summed E-state index contributed by atoms with van der Waals surface area (Å²) < 4.78 is 23.1. The molecule has 0 saturated carbocycles. The molecule has 6 rings (SSSR count). The molecule has 246 valence electrons. The molecule has 11 heteroatoms. The molecule has 2 aliphatic rings. The second-order valence-corrected chi connectivity index (χ2v) is 12.3. The number of benzene rings is 3. The van der Waals surface area contributed by atoms with Gasteiger partial charge in [0.1, 0.15) is 35.7 Å². The van der Waals surface area contributed by atoms with Gasteiger partial charge in [0.2, 0.25) is 0 Å². The number of carbonyl (C=O) groups is 3. The zero-order valence-electron chi connectivity index (χ0n) is 26.7. The minimum absolute atomic E-state index is 0.000482. The van der Waals surface area contributed by atoms with Crippen LogP contribution in [0.2, 0.25) is 0 Å². The fourth-order valence-corrected chi connectivity index (χ4v) is 6.75. The van der Waals surface area contributed by atoms with E-state index >= 15 is 0 Å². The maximum absolute atomic E-state index is 13.9. The van der Waals surface area contributed by atoms with Crippen molar-refractivity contribution in [2.45, 2.75) is 45.9 Å². The summed E-state index contributed by atoms with van der Waals surface area (Å²) in [6, 6.07) is 18.9. The lowest BCUT2D eigenvalue weighted by Crippen LogP contribution is -2.29. The van der Waals surface area contributed by atoms with Crippen molar-refractivity contribution in [1.29, 1.82) is 0 Å². The smallest absolute Gasteiger partial charge is 0.350 e. The van der Waals surface area contributed by atoms with Crippen molar-refractivity contribution in [3.05, 3.63) is 118 Å². The number of anilines is 1. The average Bonchev–Trinajstić information content (AvgIpc) is 3.74. The zero-order valence-corrected chi connectivity index (χ0v) is 27.5. The van der Waals surface area contributed by atoms with E-state index in [0.717, 1.165) is 22.5 Å². The Kier molecular flexibility index (Phi) is 9.31. The molecule has 0 unspecified atom stereocenters. The first-order chi connectivity index (χ1) is 23.2. The number of aliphatic hydroxyl groups is 1. The van der Waals surface area contributed by atoms with Crippen LogP contribution in [0.1, 0.15) is 57.5 Å². The van der Waals surface area contributed by atoms with Gasteiger partial charge >= 0.3 is 11.9 Å². The van der Waals surface area contributed by atoms with E-state index in [0.29, 0.717) is 53.7 Å². The average molecular weight is 667 g/mol. The number of aliphatic hydroxyl groups excluding tert-OH is 1. The quantitative estimate of drug-likeness (QED) is 0.0611. The summed E-state index contributed by atoms with van der Waals surface area (Å²) >= 11 is 0.925. The monoisotopic (exact) mass is 666 g/mol. The van der Waals surface area contributed by atoms with Crippen LogP contribution < -0.4 is 19.1 Å². The van der Waals surface area contributed by atoms with Gasteiger partial charge in [0.15, 0.2) is 16.6 Å². The number of amides is 1. The third-order valence-corrected chi connectivity index (χ3v) is 9.08. The third kappa shape index (κ3) is 6.28. The van der Waals surface area contributed by atoms with E-state index in [-0.39, 0.29) is 34.1 Å². The lowest BCUT2D eigenvalue weighted by atomic mass is 9.94. The van der Waals surface area contributed by atoms with Gasteiger partial charge in [-0.3, -0.25) is 14.5 Å². The molecule has 1 saturated heterocycles. The highest BCUT2D eigenvalue weighted by Crippen LogP contribution is 2.46. The number of aryl methyl sites for hydroxylation is 1. The molecule has 48 heavy (non-hydrogen) atoms. The standard InChI is InChI=1S/C37H34N2O8S/c1-5-16-45-36(43)34-22(4)38-37(48-34)39-31(24-12-15-28(29(19-24)44-6-2)46-20-23-10-8-7-9-11-23)30(33(41)35(39)42)32(40)25-13-14-27-26(18-25)17-21(3)47-27/h5,7-15,18-19,21,31,40H,1,6,16-17,20H2,2-4H3/b32-30+/t21-,31+/m0/s1. The normalized spacial score (nSPS) is 17.9. The number of hydrogen-bond donors (Lipinski definition) is 1. The van der Waals surface area contributed by atoms with Crippen LogP contribution >= 0.6 is 11.3 Å². The lowest BCUT2D eigenvalue weighted by molar-refractivity contribution is -0.132. The number of rotatable bonds is 11. The summed E-state index contributed by atoms with van der Waals surface area (Å²) in [5, 5.41) is 11.9. The Bertz CT molecular complexity index is 1930. The number of thiazole rings is 1. The first kappa shape index (κ1) is 32.5. The van der Waals surface area contributed by atoms with E-state index in [9.17, 15) is 19.5 Å². The number of nitrogens with zero attached hydrogens (tertiary/aromatic N) is 2. The fourth-order valence-electron chi connectivity index (χ4n) is 5.76. The molecule has 4 aromatic rings. The molecule has 1 aromatic heterocycles. The topological polar surface area (TPSA) is 124 Å². The molecule has 1 N–H and O–H groups in total. The predicted octanol–water partition coefficient (Wildman–Crippen LogP) is 6.72. The molecule has 2 atom stereocenters. The second kappa shape index (κ2) is 13.7. The minimum atomic E-state index is -1.11. The summed E-state index contributed by atoms with van der Waals surface area (Å²) in [5.41, 5.74) is 2.88. The van der Waals surface area contributed by atoms with Crippen LogP contribution in [-0.2, 0) is 27.4 Å². The fraction of sp³-hybridized carbons (Fsp3) is 0.243. The third-order valence-electron chi connectivity index (χ3n) is 7.94. The highest BCUT2D eigenvalue weighted by atomic mass is 32.1. The molecule has 0 aliphatic carbocycles. The molecule has 0 radical (unpaired) electrons. The molecule has 2 aliphatic heterocycles. The molecular formula is C37H34N2O8S. The van der Waals surface area contributed by atoms with Crippen LogP contribution in [0, 0.1) is 6.92 Å². The Morgan fingerprint density at radius 1 is 1.10 bits per heavy atom. The molecule has 1 amide bonds. The first-order valence-electron chi connectivity index (χ1n) is 15.5. The summed E-state index contributed by atoms with van der Waals surface area (Å²) in [6.45, 7) is 9.59. The van der Waals surface area contributed by atoms with Gasteiger partial charge in [-0.1, -0.05) is 60.4 Å². The van der Waals surface area contributed by atoms with E-state index in [1.807, 2.05) is 44.2 Å². The number of fused-ring (bicyclic) bond motifs is 1. The molecule has 3 aromatic carbocycles. The first-order valence-corrected chi connectivity index (χ1v) is 16.3. The van der Waals surface area contributed by atoms with Crippen molar-refractivity contribution in [3.63, 3.8) is 0 Å². The Labute approximate surface area is 281 Å². The Morgan fingerprint density at radius 2 is 1.90 bits per heavy atom. The van der Waals surface area contributed by atoms with Gasteiger partial charge in [0, 0.05) is 12.0 Å². The predicted molar refractivity (Wildman–Crippen MR) is 181 cm³/mol. The van der Waals surface area contributed by atoms with Gasteiger partial charge in [-0.05, 0) is 67.8 Å². The van der Waals surface area contributed by atoms with E-state index in [4.69, 9.17) is 18.9 Å². The summed E-state index contributed by atoms with van der Waals surface area (Å²) in [7, 11) is 0. The van der Waals surface area contributed by atoms with Crippen LogP contribution in [0.4, 0.5) is 5.13 Å². The number of Topliss-reactive ketones (excluding diaryl/α,β-unsaturated/α-hetero) is 1. The van der Waals surface area contributed by atoms with Crippen molar-refractivity contribution in [2.75, 3.05) is 18.1 Å². The van der Waals surface area contributed by atoms with Crippen molar-refractivity contribution in [3.8, 4) is 17.2 Å². The van der Waals surface area contributed by atoms with Crippen LogP contribution in [0.25, 0.3) is 5.76 Å². The summed E-state index contributed by atoms with van der Waals surface area (Å²) in [4.78, 5) is 46.4. The highest BCUT2D eigenvalue weighted by molar-refractivity contribution is 7.17. The summed E-state index contributed by atoms with van der Waals surface area (Å²) in [5.74, 6) is -1.20. The number of aromatic nitrogens is 1. The maximum Gasteiger partial charge on any atom is 0.350 e.